The molecule has 18 heavy (non-hydrogen) atoms. The van der Waals surface area contributed by atoms with Crippen LogP contribution in [-0.2, 0) is 0 Å². The first-order chi connectivity index (χ1) is 8.41. The Morgan fingerprint density at radius 1 is 1.11 bits per heavy atom. The summed E-state index contributed by atoms with van der Waals surface area (Å²) in [6, 6.07) is 6.06. The average Bonchev–Trinajstić information content (AvgIpc) is 2.28. The summed E-state index contributed by atoms with van der Waals surface area (Å²) in [6.45, 7) is 10.4. The lowest BCUT2D eigenvalue weighted by Gasteiger charge is -2.37. The zero-order chi connectivity index (χ0) is 13.3. The summed E-state index contributed by atoms with van der Waals surface area (Å²) < 4.78 is 0. The van der Waals surface area contributed by atoms with Crippen LogP contribution in [0.2, 0.25) is 0 Å². The van der Waals surface area contributed by atoms with Crippen molar-refractivity contribution >= 4 is 5.91 Å². The van der Waals surface area contributed by atoms with Gasteiger partial charge in [0.1, 0.15) is 0 Å². The van der Waals surface area contributed by atoms with Crippen molar-refractivity contribution in [1.82, 2.24) is 4.90 Å². The van der Waals surface area contributed by atoms with E-state index in [-0.39, 0.29) is 5.91 Å². The third-order valence-electron chi connectivity index (χ3n) is 4.10. The van der Waals surface area contributed by atoms with Crippen LogP contribution in [0.15, 0.2) is 18.2 Å². The van der Waals surface area contributed by atoms with Crippen molar-refractivity contribution in [2.45, 2.75) is 40.5 Å². The maximum absolute atomic E-state index is 12.6. The normalized spacial score (nSPS) is 18.8. The number of likely N-dealkylation sites (tertiary alicyclic amines) is 1. The molecule has 0 aliphatic carbocycles. The highest BCUT2D eigenvalue weighted by Crippen LogP contribution is 2.30. The molecule has 1 aliphatic heterocycles. The highest BCUT2D eigenvalue weighted by Gasteiger charge is 2.29. The van der Waals surface area contributed by atoms with Crippen molar-refractivity contribution in [2.24, 2.45) is 5.41 Å². The molecule has 98 valence electrons. The van der Waals surface area contributed by atoms with Gasteiger partial charge in [-0.25, -0.2) is 0 Å². The van der Waals surface area contributed by atoms with Gasteiger partial charge in [-0.3, -0.25) is 4.79 Å². The molecular formula is C16H23NO. The standard InChI is InChI=1S/C16H23NO/c1-12-6-5-7-13(2)14(12)15(18)17-10-8-16(3,4)9-11-17/h5-7H,8-11H2,1-4H3. The van der Waals surface area contributed by atoms with Gasteiger partial charge < -0.3 is 4.90 Å². The molecule has 0 saturated carbocycles. The molecule has 0 N–H and O–H groups in total. The van der Waals surface area contributed by atoms with Crippen LogP contribution < -0.4 is 0 Å². The third kappa shape index (κ3) is 2.58. The molecule has 1 heterocycles. The number of carbonyl (C=O) groups excluding carboxylic acids is 1. The Balaban J connectivity index is 2.18. The fourth-order valence-electron chi connectivity index (χ4n) is 2.63. The van der Waals surface area contributed by atoms with Crippen LogP contribution in [0.3, 0.4) is 0 Å². The van der Waals surface area contributed by atoms with E-state index >= 15 is 0 Å². The first-order valence-corrected chi connectivity index (χ1v) is 6.76. The van der Waals surface area contributed by atoms with Gasteiger partial charge >= 0.3 is 0 Å². The zero-order valence-corrected chi connectivity index (χ0v) is 11.9. The predicted molar refractivity (Wildman–Crippen MR) is 74.8 cm³/mol. The van der Waals surface area contributed by atoms with Crippen molar-refractivity contribution in [2.75, 3.05) is 13.1 Å². The summed E-state index contributed by atoms with van der Waals surface area (Å²) in [5.41, 5.74) is 3.46. The van der Waals surface area contributed by atoms with E-state index in [2.05, 4.69) is 13.8 Å². The Morgan fingerprint density at radius 3 is 2.11 bits per heavy atom. The van der Waals surface area contributed by atoms with Crippen LogP contribution in [0.5, 0.6) is 0 Å². The number of nitrogens with zero attached hydrogens (tertiary/aromatic N) is 1. The first kappa shape index (κ1) is 13.1. The van der Waals surface area contributed by atoms with Crippen molar-refractivity contribution in [3.63, 3.8) is 0 Å². The topological polar surface area (TPSA) is 20.3 Å². The Hall–Kier alpha value is -1.31. The summed E-state index contributed by atoms with van der Waals surface area (Å²) in [5, 5.41) is 0. The number of aryl methyl sites for hydroxylation is 2. The van der Waals surface area contributed by atoms with E-state index in [1.54, 1.807) is 0 Å². The molecule has 0 unspecified atom stereocenters. The molecule has 0 bridgehead atoms. The predicted octanol–water partition coefficient (Wildman–Crippen LogP) is 3.57. The van der Waals surface area contributed by atoms with Crippen LogP contribution in [0, 0.1) is 19.3 Å². The molecule has 1 aromatic rings. The summed E-state index contributed by atoms with van der Waals surface area (Å²) in [6.07, 6.45) is 2.20. The fourth-order valence-corrected chi connectivity index (χ4v) is 2.63. The Bertz CT molecular complexity index is 432. The van der Waals surface area contributed by atoms with Crippen LogP contribution in [0.25, 0.3) is 0 Å². The maximum atomic E-state index is 12.6. The number of piperidine rings is 1. The van der Waals surface area contributed by atoms with Crippen molar-refractivity contribution in [3.05, 3.63) is 34.9 Å². The van der Waals surface area contributed by atoms with E-state index in [0.717, 1.165) is 42.6 Å². The Labute approximate surface area is 110 Å². The average molecular weight is 245 g/mol. The molecule has 1 amide bonds. The van der Waals surface area contributed by atoms with E-state index in [0.29, 0.717) is 5.41 Å². The molecule has 0 radical (unpaired) electrons. The summed E-state index contributed by atoms with van der Waals surface area (Å²) in [4.78, 5) is 14.6. The molecule has 0 atom stereocenters. The minimum Gasteiger partial charge on any atom is -0.339 e. The largest absolute Gasteiger partial charge is 0.339 e. The monoisotopic (exact) mass is 245 g/mol. The number of hydrogen-bond donors (Lipinski definition) is 0. The van der Waals surface area contributed by atoms with Gasteiger partial charge in [0.05, 0.1) is 0 Å². The highest BCUT2D eigenvalue weighted by molar-refractivity contribution is 5.97. The van der Waals surface area contributed by atoms with E-state index in [4.69, 9.17) is 0 Å². The number of hydrogen-bond acceptors (Lipinski definition) is 1. The van der Waals surface area contributed by atoms with Gasteiger partial charge in [0.2, 0.25) is 0 Å². The minimum atomic E-state index is 0.209. The van der Waals surface area contributed by atoms with Crippen LogP contribution in [-0.4, -0.2) is 23.9 Å². The highest BCUT2D eigenvalue weighted by atomic mass is 16.2. The molecule has 2 rings (SSSR count). The van der Waals surface area contributed by atoms with E-state index < -0.39 is 0 Å². The van der Waals surface area contributed by atoms with Gasteiger partial charge in [0.25, 0.3) is 5.91 Å². The summed E-state index contributed by atoms with van der Waals surface area (Å²) >= 11 is 0. The van der Waals surface area contributed by atoms with Gasteiger partial charge in [-0.15, -0.1) is 0 Å². The minimum absolute atomic E-state index is 0.209. The lowest BCUT2D eigenvalue weighted by atomic mass is 9.82. The SMILES string of the molecule is Cc1cccc(C)c1C(=O)N1CCC(C)(C)CC1. The fraction of sp³-hybridized carbons (Fsp3) is 0.562. The summed E-state index contributed by atoms with van der Waals surface area (Å²) in [5.74, 6) is 0.209. The molecule has 1 aromatic carbocycles. The Morgan fingerprint density at radius 2 is 1.61 bits per heavy atom. The van der Waals surface area contributed by atoms with Gasteiger partial charge in [-0.05, 0) is 43.2 Å². The van der Waals surface area contributed by atoms with E-state index in [9.17, 15) is 4.79 Å². The number of carbonyl (C=O) groups is 1. The molecular weight excluding hydrogens is 222 g/mol. The lowest BCUT2D eigenvalue weighted by Crippen LogP contribution is -2.41. The van der Waals surface area contributed by atoms with Crippen molar-refractivity contribution in [3.8, 4) is 0 Å². The van der Waals surface area contributed by atoms with Crippen molar-refractivity contribution < 1.29 is 4.79 Å². The quantitative estimate of drug-likeness (QED) is 0.740. The number of rotatable bonds is 1. The molecule has 2 nitrogen and oxygen atoms in total. The van der Waals surface area contributed by atoms with Gasteiger partial charge in [-0.1, -0.05) is 32.0 Å². The lowest BCUT2D eigenvalue weighted by molar-refractivity contribution is 0.0629. The Kier molecular flexibility index (Phi) is 3.47. The molecule has 0 aromatic heterocycles. The van der Waals surface area contributed by atoms with E-state index in [1.165, 1.54) is 0 Å². The molecule has 1 saturated heterocycles. The second-order valence-corrected chi connectivity index (χ2v) is 6.22. The maximum Gasteiger partial charge on any atom is 0.254 e. The van der Waals surface area contributed by atoms with Crippen LogP contribution >= 0.6 is 0 Å². The third-order valence-corrected chi connectivity index (χ3v) is 4.10. The number of amides is 1. The van der Waals surface area contributed by atoms with Crippen molar-refractivity contribution in [1.29, 1.82) is 0 Å². The zero-order valence-electron chi connectivity index (χ0n) is 11.9. The van der Waals surface area contributed by atoms with E-state index in [1.807, 2.05) is 36.9 Å². The number of benzene rings is 1. The van der Waals surface area contributed by atoms with Gasteiger partial charge in [0.15, 0.2) is 0 Å². The van der Waals surface area contributed by atoms with Crippen LogP contribution in [0.1, 0.15) is 48.2 Å². The second-order valence-electron chi connectivity index (χ2n) is 6.22. The summed E-state index contributed by atoms with van der Waals surface area (Å²) in [7, 11) is 0. The second kappa shape index (κ2) is 4.75. The molecule has 1 aliphatic rings. The smallest absolute Gasteiger partial charge is 0.254 e. The van der Waals surface area contributed by atoms with Gasteiger partial charge in [-0.2, -0.15) is 0 Å². The molecule has 1 fully saturated rings. The first-order valence-electron chi connectivity index (χ1n) is 6.76. The molecule has 0 spiro atoms. The van der Waals surface area contributed by atoms with Crippen LogP contribution in [0.4, 0.5) is 0 Å². The molecule has 2 heteroatoms. The van der Waals surface area contributed by atoms with Gasteiger partial charge in [0, 0.05) is 18.7 Å².